The summed E-state index contributed by atoms with van der Waals surface area (Å²) in [6.07, 6.45) is -0.326. The average Bonchev–Trinajstić information content (AvgIpc) is 3.20. The van der Waals surface area contributed by atoms with Crippen molar-refractivity contribution in [2.24, 2.45) is 0 Å². The molecular weight excluding hydrogens is 432 g/mol. The molecule has 3 rings (SSSR count). The summed E-state index contributed by atoms with van der Waals surface area (Å²) in [5, 5.41) is 0.0336. The maximum absolute atomic E-state index is 12.0. The monoisotopic (exact) mass is 470 g/mol. The molecule has 2 aromatic carbocycles. The molecule has 0 spiro atoms. The normalized spacial score (nSPS) is 18.7. The van der Waals surface area contributed by atoms with Crippen LogP contribution in [0.25, 0.3) is 0 Å². The van der Waals surface area contributed by atoms with Gasteiger partial charge in [-0.1, -0.05) is 81.4 Å². The third-order valence-corrected chi connectivity index (χ3v) is 11.0. The molecule has 0 bridgehead atoms. The van der Waals surface area contributed by atoms with Crippen LogP contribution in [0.1, 0.15) is 38.3 Å². The molecule has 0 aliphatic carbocycles. The van der Waals surface area contributed by atoms with E-state index >= 15 is 0 Å². The van der Waals surface area contributed by atoms with E-state index in [1.807, 2.05) is 60.7 Å². The number of nitrogens with one attached hydrogen (secondary N) is 2. The SMILES string of the molecule is CC(C)(C)[Si](C)(C)O[C@H](COCc1ccccc1)[C@@H](OCc1ccccc1)C1CC(=O)NN1. The van der Waals surface area contributed by atoms with Gasteiger partial charge in [0.25, 0.3) is 0 Å². The van der Waals surface area contributed by atoms with Crippen LogP contribution in [-0.2, 0) is 31.9 Å². The lowest BCUT2D eigenvalue weighted by molar-refractivity contribution is -0.120. The Kier molecular flexibility index (Phi) is 8.84. The number of amides is 1. The van der Waals surface area contributed by atoms with Crippen molar-refractivity contribution in [2.45, 2.75) is 76.8 Å². The molecule has 0 saturated carbocycles. The second-order valence-electron chi connectivity index (χ2n) is 10.2. The van der Waals surface area contributed by atoms with E-state index in [-0.39, 0.29) is 29.2 Å². The van der Waals surface area contributed by atoms with E-state index in [9.17, 15) is 4.79 Å². The predicted molar refractivity (Wildman–Crippen MR) is 133 cm³/mol. The van der Waals surface area contributed by atoms with Gasteiger partial charge in [0, 0.05) is 6.42 Å². The Balaban J connectivity index is 1.79. The second kappa shape index (κ2) is 11.4. The number of rotatable bonds is 11. The van der Waals surface area contributed by atoms with Gasteiger partial charge in [0.15, 0.2) is 8.32 Å². The first kappa shape index (κ1) is 25.6. The molecule has 3 atom stereocenters. The van der Waals surface area contributed by atoms with Gasteiger partial charge >= 0.3 is 0 Å². The Bertz CT molecular complexity index is 871. The van der Waals surface area contributed by atoms with Gasteiger partial charge in [0.05, 0.1) is 32.0 Å². The Morgan fingerprint density at radius 2 is 1.55 bits per heavy atom. The number of carbonyl (C=O) groups excluding carboxylic acids is 1. The largest absolute Gasteiger partial charge is 0.409 e. The summed E-state index contributed by atoms with van der Waals surface area (Å²) >= 11 is 0. The van der Waals surface area contributed by atoms with E-state index in [2.05, 4.69) is 44.7 Å². The van der Waals surface area contributed by atoms with Gasteiger partial charge in [0.2, 0.25) is 5.91 Å². The van der Waals surface area contributed by atoms with Gasteiger partial charge in [-0.25, -0.2) is 5.43 Å². The molecule has 1 fully saturated rings. The molecule has 7 heteroatoms. The Morgan fingerprint density at radius 1 is 0.970 bits per heavy atom. The average molecular weight is 471 g/mol. The first-order chi connectivity index (χ1) is 15.7. The first-order valence-electron chi connectivity index (χ1n) is 11.6. The zero-order valence-electron chi connectivity index (χ0n) is 20.5. The van der Waals surface area contributed by atoms with Crippen molar-refractivity contribution in [2.75, 3.05) is 6.61 Å². The van der Waals surface area contributed by atoms with E-state index in [1.54, 1.807) is 0 Å². The summed E-state index contributed by atoms with van der Waals surface area (Å²) < 4.78 is 19.4. The number of hydrazine groups is 1. The molecule has 1 heterocycles. The number of carbonyl (C=O) groups is 1. The number of hydrogen-bond donors (Lipinski definition) is 2. The van der Waals surface area contributed by atoms with Gasteiger partial charge in [-0.15, -0.1) is 0 Å². The predicted octanol–water partition coefficient (Wildman–Crippen LogP) is 4.57. The van der Waals surface area contributed by atoms with Crippen LogP contribution in [-0.4, -0.2) is 39.1 Å². The number of ether oxygens (including phenoxy) is 2. The fourth-order valence-electron chi connectivity index (χ4n) is 3.54. The topological polar surface area (TPSA) is 68.8 Å². The van der Waals surface area contributed by atoms with Crippen LogP contribution in [0, 0.1) is 0 Å². The fraction of sp³-hybridized carbons (Fsp3) is 0.500. The summed E-state index contributed by atoms with van der Waals surface area (Å²) in [6, 6.07) is 20.0. The molecular formula is C26H38N2O4Si. The lowest BCUT2D eigenvalue weighted by Gasteiger charge is -2.42. The minimum atomic E-state index is -2.13. The van der Waals surface area contributed by atoms with Gasteiger partial charge in [0.1, 0.15) is 6.10 Å². The zero-order chi connectivity index (χ0) is 23.9. The molecule has 1 unspecified atom stereocenters. The minimum absolute atomic E-state index is 0.0336. The van der Waals surface area contributed by atoms with E-state index in [1.165, 1.54) is 0 Å². The Morgan fingerprint density at radius 3 is 2.06 bits per heavy atom. The van der Waals surface area contributed by atoms with Crippen molar-refractivity contribution < 1.29 is 18.7 Å². The summed E-state index contributed by atoms with van der Waals surface area (Å²) in [5.74, 6) is -0.0374. The van der Waals surface area contributed by atoms with Gasteiger partial charge in [-0.3, -0.25) is 10.2 Å². The Hall–Kier alpha value is -2.03. The molecule has 0 radical (unpaired) electrons. The molecule has 1 aliphatic heterocycles. The number of hydrogen-bond acceptors (Lipinski definition) is 5. The van der Waals surface area contributed by atoms with Crippen molar-refractivity contribution >= 4 is 14.2 Å². The summed E-state index contributed by atoms with van der Waals surface area (Å²) in [5.41, 5.74) is 8.03. The third-order valence-electron chi connectivity index (χ3n) is 6.50. The zero-order valence-corrected chi connectivity index (χ0v) is 21.5. The van der Waals surface area contributed by atoms with Crippen LogP contribution < -0.4 is 10.9 Å². The molecule has 2 N–H and O–H groups in total. The van der Waals surface area contributed by atoms with E-state index in [4.69, 9.17) is 13.9 Å². The molecule has 0 aromatic heterocycles. The van der Waals surface area contributed by atoms with Gasteiger partial charge in [-0.2, -0.15) is 0 Å². The third kappa shape index (κ3) is 7.48. The smallest absolute Gasteiger partial charge is 0.235 e. The van der Waals surface area contributed by atoms with Crippen LogP contribution in [0.15, 0.2) is 60.7 Å². The van der Waals surface area contributed by atoms with Crippen LogP contribution in [0.2, 0.25) is 18.1 Å². The maximum Gasteiger partial charge on any atom is 0.235 e. The summed E-state index contributed by atoms with van der Waals surface area (Å²) in [6.45, 7) is 12.5. The minimum Gasteiger partial charge on any atom is -0.409 e. The highest BCUT2D eigenvalue weighted by atomic mass is 28.4. The molecule has 1 amide bonds. The highest BCUT2D eigenvalue weighted by Gasteiger charge is 2.44. The highest BCUT2D eigenvalue weighted by molar-refractivity contribution is 6.74. The molecule has 33 heavy (non-hydrogen) atoms. The lowest BCUT2D eigenvalue weighted by atomic mass is 10.0. The Labute approximate surface area is 199 Å². The van der Waals surface area contributed by atoms with Crippen molar-refractivity contribution in [1.82, 2.24) is 10.9 Å². The van der Waals surface area contributed by atoms with Crippen LogP contribution in [0.4, 0.5) is 0 Å². The van der Waals surface area contributed by atoms with Crippen molar-refractivity contribution in [1.29, 1.82) is 0 Å². The van der Waals surface area contributed by atoms with E-state index in [0.717, 1.165) is 11.1 Å². The molecule has 1 saturated heterocycles. The van der Waals surface area contributed by atoms with E-state index in [0.29, 0.717) is 26.2 Å². The maximum atomic E-state index is 12.0. The van der Waals surface area contributed by atoms with Crippen molar-refractivity contribution in [3.63, 3.8) is 0 Å². The van der Waals surface area contributed by atoms with Crippen LogP contribution in [0.5, 0.6) is 0 Å². The fourth-order valence-corrected chi connectivity index (χ4v) is 4.85. The summed E-state index contributed by atoms with van der Waals surface area (Å²) in [7, 11) is -2.13. The number of benzene rings is 2. The molecule has 1 aliphatic rings. The second-order valence-corrected chi connectivity index (χ2v) is 14.9. The molecule has 180 valence electrons. The standard InChI is InChI=1S/C26H38N2O4Si/c1-26(2,3)33(4,5)32-23(19-30-17-20-12-8-6-9-13-20)25(22-16-24(29)28-27-22)31-18-21-14-10-7-11-15-21/h6-15,22-23,25,27H,16-19H2,1-5H3,(H,28,29)/t22?,23-,25+/m1/s1. The van der Waals surface area contributed by atoms with Crippen molar-refractivity contribution in [3.05, 3.63) is 71.8 Å². The molecule has 6 nitrogen and oxygen atoms in total. The van der Waals surface area contributed by atoms with E-state index < -0.39 is 8.32 Å². The van der Waals surface area contributed by atoms with Gasteiger partial charge in [-0.05, 0) is 29.3 Å². The molecule has 2 aromatic rings. The van der Waals surface area contributed by atoms with Crippen molar-refractivity contribution in [3.8, 4) is 0 Å². The van der Waals surface area contributed by atoms with Crippen LogP contribution in [0.3, 0.4) is 0 Å². The quantitative estimate of drug-likeness (QED) is 0.471. The lowest BCUT2D eigenvalue weighted by Crippen LogP contribution is -2.54. The summed E-state index contributed by atoms with van der Waals surface area (Å²) in [4.78, 5) is 12.0. The van der Waals surface area contributed by atoms with Gasteiger partial charge < -0.3 is 13.9 Å². The van der Waals surface area contributed by atoms with Crippen LogP contribution >= 0.6 is 0 Å². The first-order valence-corrected chi connectivity index (χ1v) is 14.6. The highest BCUT2D eigenvalue weighted by Crippen LogP contribution is 2.38.